The largest absolute Gasteiger partial charge is 0.396 e. The zero-order valence-electron chi connectivity index (χ0n) is 12.3. The van der Waals surface area contributed by atoms with Gasteiger partial charge >= 0.3 is 0 Å². The topological polar surface area (TPSA) is 55.3 Å². The maximum absolute atomic E-state index is 6.33. The minimum Gasteiger partial charge on any atom is -0.396 e. The van der Waals surface area contributed by atoms with Crippen molar-refractivity contribution in [2.24, 2.45) is 11.8 Å². The van der Waals surface area contributed by atoms with Crippen molar-refractivity contribution in [2.75, 3.05) is 17.3 Å². The SMILES string of the molecule is C[Si](C)(C)C#Cc1ccc(N(N)CC2CC2)c(N)c1Cl. The van der Waals surface area contributed by atoms with Crippen molar-refractivity contribution in [1.82, 2.24) is 0 Å². The van der Waals surface area contributed by atoms with Crippen LogP contribution in [0.3, 0.4) is 0 Å². The van der Waals surface area contributed by atoms with Crippen molar-refractivity contribution in [3.8, 4) is 11.5 Å². The first kappa shape index (κ1) is 15.2. The number of halogens is 1. The first-order chi connectivity index (χ1) is 9.28. The molecule has 1 fully saturated rings. The molecule has 1 aliphatic carbocycles. The lowest BCUT2D eigenvalue weighted by Gasteiger charge is -2.21. The zero-order valence-corrected chi connectivity index (χ0v) is 14.1. The van der Waals surface area contributed by atoms with E-state index in [1.54, 1.807) is 5.01 Å². The van der Waals surface area contributed by atoms with E-state index in [9.17, 15) is 0 Å². The maximum Gasteiger partial charge on any atom is 0.129 e. The maximum atomic E-state index is 6.33. The van der Waals surface area contributed by atoms with Crippen molar-refractivity contribution in [1.29, 1.82) is 0 Å². The van der Waals surface area contributed by atoms with E-state index < -0.39 is 8.07 Å². The van der Waals surface area contributed by atoms with Gasteiger partial charge in [-0.3, -0.25) is 0 Å². The van der Waals surface area contributed by atoms with Gasteiger partial charge in [0, 0.05) is 12.1 Å². The Morgan fingerprint density at radius 3 is 2.55 bits per heavy atom. The molecule has 1 aromatic carbocycles. The Bertz CT molecular complexity index is 565. The molecule has 5 heteroatoms. The van der Waals surface area contributed by atoms with E-state index in [1.807, 2.05) is 12.1 Å². The third-order valence-electron chi connectivity index (χ3n) is 3.19. The number of nitrogens with zero attached hydrogens (tertiary/aromatic N) is 1. The lowest BCUT2D eigenvalue weighted by Crippen LogP contribution is -2.33. The minimum absolute atomic E-state index is 0.513. The molecule has 1 saturated carbocycles. The number of anilines is 2. The standard InChI is InChI=1S/C15H22ClN3Si/c1-20(2,3)9-8-12-6-7-13(15(17)14(12)16)19(18)10-11-4-5-11/h6-7,11H,4-5,10,17-18H2,1-3H3. The monoisotopic (exact) mass is 307 g/mol. The summed E-state index contributed by atoms with van der Waals surface area (Å²) < 4.78 is 0. The number of hydrogen-bond acceptors (Lipinski definition) is 3. The zero-order chi connectivity index (χ0) is 14.9. The fraction of sp³-hybridized carbons (Fsp3) is 0.467. The van der Waals surface area contributed by atoms with Crippen LogP contribution in [-0.2, 0) is 0 Å². The number of nitrogen functional groups attached to an aromatic ring is 1. The molecule has 0 saturated heterocycles. The van der Waals surface area contributed by atoms with Crippen molar-refractivity contribution in [2.45, 2.75) is 32.5 Å². The highest BCUT2D eigenvalue weighted by Gasteiger charge is 2.24. The fourth-order valence-corrected chi connectivity index (χ4v) is 2.58. The van der Waals surface area contributed by atoms with Crippen LogP contribution in [0.25, 0.3) is 0 Å². The molecule has 0 atom stereocenters. The van der Waals surface area contributed by atoms with Gasteiger partial charge in [-0.2, -0.15) is 0 Å². The summed E-state index contributed by atoms with van der Waals surface area (Å²) in [6.45, 7) is 7.43. The highest BCUT2D eigenvalue weighted by molar-refractivity contribution is 6.83. The van der Waals surface area contributed by atoms with Gasteiger partial charge in [0.05, 0.1) is 16.4 Å². The van der Waals surface area contributed by atoms with Gasteiger partial charge in [0.15, 0.2) is 0 Å². The van der Waals surface area contributed by atoms with Crippen LogP contribution < -0.4 is 16.6 Å². The summed E-state index contributed by atoms with van der Waals surface area (Å²) in [5.74, 6) is 9.92. The van der Waals surface area contributed by atoms with Gasteiger partial charge in [-0.05, 0) is 30.9 Å². The van der Waals surface area contributed by atoms with Gasteiger partial charge in [0.2, 0.25) is 0 Å². The molecule has 0 aliphatic heterocycles. The van der Waals surface area contributed by atoms with Crippen molar-refractivity contribution >= 4 is 31.0 Å². The van der Waals surface area contributed by atoms with E-state index in [-0.39, 0.29) is 0 Å². The summed E-state index contributed by atoms with van der Waals surface area (Å²) >= 11 is 6.33. The molecule has 20 heavy (non-hydrogen) atoms. The van der Waals surface area contributed by atoms with Gasteiger partial charge in [0.25, 0.3) is 0 Å². The van der Waals surface area contributed by atoms with E-state index in [0.29, 0.717) is 16.6 Å². The summed E-state index contributed by atoms with van der Waals surface area (Å²) in [4.78, 5) is 0. The average molecular weight is 308 g/mol. The average Bonchev–Trinajstić information content (AvgIpc) is 3.13. The van der Waals surface area contributed by atoms with Crippen LogP contribution in [0.4, 0.5) is 11.4 Å². The Hall–Kier alpha value is -1.15. The molecule has 0 heterocycles. The normalized spacial score (nSPS) is 14.7. The first-order valence-corrected chi connectivity index (χ1v) is 10.8. The number of nitrogens with two attached hydrogens (primary N) is 2. The Morgan fingerprint density at radius 1 is 1.35 bits per heavy atom. The van der Waals surface area contributed by atoms with Gasteiger partial charge < -0.3 is 10.7 Å². The van der Waals surface area contributed by atoms with Crippen LogP contribution in [0.2, 0.25) is 24.7 Å². The fourth-order valence-electron chi connectivity index (χ4n) is 1.86. The third kappa shape index (κ3) is 3.92. The van der Waals surface area contributed by atoms with E-state index in [2.05, 4.69) is 31.1 Å². The van der Waals surface area contributed by atoms with E-state index in [1.165, 1.54) is 12.8 Å². The molecule has 3 nitrogen and oxygen atoms in total. The number of hydrazine groups is 1. The molecule has 0 aromatic heterocycles. The van der Waals surface area contributed by atoms with E-state index in [0.717, 1.165) is 17.8 Å². The summed E-state index contributed by atoms with van der Waals surface area (Å²) in [5, 5.41) is 2.22. The second kappa shape index (κ2) is 5.69. The molecule has 0 unspecified atom stereocenters. The Kier molecular flexibility index (Phi) is 4.33. The van der Waals surface area contributed by atoms with Gasteiger partial charge in [0.1, 0.15) is 8.07 Å². The predicted octanol–water partition coefficient (Wildman–Crippen LogP) is 3.24. The van der Waals surface area contributed by atoms with Crippen molar-refractivity contribution in [3.63, 3.8) is 0 Å². The molecule has 108 valence electrons. The predicted molar refractivity (Wildman–Crippen MR) is 90.3 cm³/mol. The number of benzene rings is 1. The van der Waals surface area contributed by atoms with Gasteiger partial charge in [-0.25, -0.2) is 5.84 Å². The number of hydrogen-bond donors (Lipinski definition) is 2. The number of rotatable bonds is 3. The smallest absolute Gasteiger partial charge is 0.129 e. The summed E-state index contributed by atoms with van der Waals surface area (Å²) in [5.41, 5.74) is 11.5. The lowest BCUT2D eigenvalue weighted by atomic mass is 10.1. The summed E-state index contributed by atoms with van der Waals surface area (Å²) in [6.07, 6.45) is 2.50. The van der Waals surface area contributed by atoms with Crippen LogP contribution in [0, 0.1) is 17.4 Å². The molecular formula is C15H22ClN3Si. The minimum atomic E-state index is -1.42. The van der Waals surface area contributed by atoms with Crippen LogP contribution in [0.1, 0.15) is 18.4 Å². The molecule has 0 bridgehead atoms. The van der Waals surface area contributed by atoms with Crippen molar-refractivity contribution in [3.05, 3.63) is 22.7 Å². The van der Waals surface area contributed by atoms with Crippen LogP contribution in [-0.4, -0.2) is 14.6 Å². The molecule has 0 spiro atoms. The molecule has 0 radical (unpaired) electrons. The van der Waals surface area contributed by atoms with Gasteiger partial charge in [-0.15, -0.1) is 5.54 Å². The van der Waals surface area contributed by atoms with Crippen molar-refractivity contribution < 1.29 is 0 Å². The highest BCUT2D eigenvalue weighted by atomic mass is 35.5. The summed E-state index contributed by atoms with van der Waals surface area (Å²) in [7, 11) is -1.42. The quantitative estimate of drug-likeness (QED) is 0.296. The molecule has 1 aromatic rings. The Morgan fingerprint density at radius 2 is 2.00 bits per heavy atom. The third-order valence-corrected chi connectivity index (χ3v) is 4.47. The van der Waals surface area contributed by atoms with Crippen LogP contribution in [0.5, 0.6) is 0 Å². The molecule has 2 rings (SSSR count). The molecular weight excluding hydrogens is 286 g/mol. The van der Waals surface area contributed by atoms with E-state index in [4.69, 9.17) is 23.2 Å². The first-order valence-electron chi connectivity index (χ1n) is 6.91. The second-order valence-corrected chi connectivity index (χ2v) is 11.6. The van der Waals surface area contributed by atoms with Crippen LogP contribution >= 0.6 is 11.6 Å². The Balaban J connectivity index is 2.25. The van der Waals surface area contributed by atoms with E-state index >= 15 is 0 Å². The second-order valence-electron chi connectivity index (χ2n) is 6.46. The molecule has 0 amide bonds. The Labute approximate surface area is 127 Å². The lowest BCUT2D eigenvalue weighted by molar-refractivity contribution is 0.751. The molecule has 1 aliphatic rings. The van der Waals surface area contributed by atoms with Crippen LogP contribution in [0.15, 0.2) is 12.1 Å². The summed E-state index contributed by atoms with van der Waals surface area (Å²) in [6, 6.07) is 3.83. The van der Waals surface area contributed by atoms with Gasteiger partial charge in [-0.1, -0.05) is 37.2 Å². The highest BCUT2D eigenvalue weighted by Crippen LogP contribution is 2.35. The molecule has 4 N–H and O–H groups in total.